The highest BCUT2D eigenvalue weighted by molar-refractivity contribution is 5.85. The van der Waals surface area contributed by atoms with Crippen molar-refractivity contribution in [2.45, 2.75) is 38.3 Å². The van der Waals surface area contributed by atoms with Crippen LogP contribution in [0.15, 0.2) is 10.6 Å². The molecule has 0 unspecified atom stereocenters. The topological polar surface area (TPSA) is 110 Å². The zero-order valence-corrected chi connectivity index (χ0v) is 10.5. The Morgan fingerprint density at radius 3 is 2.68 bits per heavy atom. The van der Waals surface area contributed by atoms with Crippen LogP contribution < -0.4 is 5.73 Å². The van der Waals surface area contributed by atoms with E-state index in [1.165, 1.54) is 6.07 Å². The molecule has 1 aliphatic carbocycles. The number of carbonyl (C=O) groups excluding carboxylic acids is 1. The van der Waals surface area contributed by atoms with Crippen LogP contribution in [0.3, 0.4) is 0 Å². The summed E-state index contributed by atoms with van der Waals surface area (Å²) in [6.45, 7) is 0.502. The van der Waals surface area contributed by atoms with Crippen molar-refractivity contribution < 1.29 is 19.2 Å². The molecule has 1 heterocycles. The van der Waals surface area contributed by atoms with Gasteiger partial charge in [0.2, 0.25) is 5.91 Å². The fourth-order valence-electron chi connectivity index (χ4n) is 2.47. The average Bonchev–Trinajstić information content (AvgIpc) is 2.98. The van der Waals surface area contributed by atoms with Gasteiger partial charge in [-0.3, -0.25) is 9.69 Å². The average molecular weight is 267 g/mol. The van der Waals surface area contributed by atoms with Gasteiger partial charge in [0.15, 0.2) is 11.5 Å². The molecule has 19 heavy (non-hydrogen) atoms. The Balaban J connectivity index is 2.05. The molecule has 7 heteroatoms. The summed E-state index contributed by atoms with van der Waals surface area (Å²) in [7, 11) is 0. The Kier molecular flexibility index (Phi) is 4.16. The minimum absolute atomic E-state index is 0.125. The molecular formula is C12H17N3O4. The van der Waals surface area contributed by atoms with Gasteiger partial charge in [0.1, 0.15) is 0 Å². The van der Waals surface area contributed by atoms with Crippen molar-refractivity contribution in [3.05, 3.63) is 17.5 Å². The summed E-state index contributed by atoms with van der Waals surface area (Å²) in [5.41, 5.74) is 5.12. The van der Waals surface area contributed by atoms with Gasteiger partial charge in [-0.25, -0.2) is 4.79 Å². The zero-order valence-electron chi connectivity index (χ0n) is 10.5. The van der Waals surface area contributed by atoms with Crippen LogP contribution in [0, 0.1) is 0 Å². The summed E-state index contributed by atoms with van der Waals surface area (Å²) in [6.07, 6.45) is 4.31. The fraction of sp³-hybridized carbons (Fsp3) is 0.583. The minimum atomic E-state index is -1.13. The molecule has 1 aromatic heterocycles. The van der Waals surface area contributed by atoms with E-state index in [9.17, 15) is 9.59 Å². The van der Waals surface area contributed by atoms with Crippen molar-refractivity contribution in [1.29, 1.82) is 0 Å². The van der Waals surface area contributed by atoms with E-state index in [0.29, 0.717) is 18.3 Å². The van der Waals surface area contributed by atoms with Gasteiger partial charge in [0, 0.05) is 12.1 Å². The van der Waals surface area contributed by atoms with Gasteiger partial charge < -0.3 is 15.4 Å². The van der Waals surface area contributed by atoms with Crippen LogP contribution in [0.1, 0.15) is 41.9 Å². The van der Waals surface area contributed by atoms with Crippen molar-refractivity contribution in [3.8, 4) is 0 Å². The number of hydrogen-bond acceptors (Lipinski definition) is 5. The number of aromatic nitrogens is 1. The molecule has 0 atom stereocenters. The maximum Gasteiger partial charge on any atom is 0.358 e. The fourth-order valence-corrected chi connectivity index (χ4v) is 2.47. The predicted molar refractivity (Wildman–Crippen MR) is 65.3 cm³/mol. The Bertz CT molecular complexity index is 465. The molecule has 3 N–H and O–H groups in total. The van der Waals surface area contributed by atoms with Crippen LogP contribution >= 0.6 is 0 Å². The first-order valence-corrected chi connectivity index (χ1v) is 6.27. The Labute approximate surface area is 110 Å². The number of amides is 1. The summed E-state index contributed by atoms with van der Waals surface area (Å²) in [4.78, 5) is 23.8. The second kappa shape index (κ2) is 5.83. The first-order chi connectivity index (χ1) is 9.06. The Morgan fingerprint density at radius 1 is 1.47 bits per heavy atom. The standard InChI is InChI=1S/C12H17N3O4/c13-11(16)7-15(8-3-1-2-4-8)6-9-5-10(12(17)18)14-19-9/h5,8H,1-4,6-7H2,(H2,13,16)(H,17,18). The van der Waals surface area contributed by atoms with Gasteiger partial charge >= 0.3 is 5.97 Å². The highest BCUT2D eigenvalue weighted by atomic mass is 16.5. The molecule has 0 radical (unpaired) electrons. The predicted octanol–water partition coefficient (Wildman–Crippen LogP) is 0.603. The summed E-state index contributed by atoms with van der Waals surface area (Å²) in [6, 6.07) is 1.68. The van der Waals surface area contributed by atoms with Crippen LogP contribution in [0.25, 0.3) is 0 Å². The molecule has 1 aromatic rings. The third-order valence-corrected chi connectivity index (χ3v) is 3.34. The molecule has 0 aromatic carbocycles. The molecule has 1 amide bonds. The van der Waals surface area contributed by atoms with E-state index >= 15 is 0 Å². The molecule has 1 saturated carbocycles. The third-order valence-electron chi connectivity index (χ3n) is 3.34. The van der Waals surface area contributed by atoms with Gasteiger partial charge in [-0.1, -0.05) is 18.0 Å². The molecule has 2 rings (SSSR count). The van der Waals surface area contributed by atoms with Crippen LogP contribution in [-0.4, -0.2) is 39.6 Å². The first-order valence-electron chi connectivity index (χ1n) is 6.27. The summed E-state index contributed by atoms with van der Waals surface area (Å²) < 4.78 is 4.97. The van der Waals surface area contributed by atoms with Crippen molar-refractivity contribution in [2.24, 2.45) is 5.73 Å². The lowest BCUT2D eigenvalue weighted by atomic mass is 10.2. The van der Waals surface area contributed by atoms with E-state index in [1.807, 2.05) is 4.90 Å². The van der Waals surface area contributed by atoms with Crippen molar-refractivity contribution >= 4 is 11.9 Å². The number of carbonyl (C=O) groups is 2. The number of rotatable bonds is 6. The molecule has 1 aliphatic rings. The van der Waals surface area contributed by atoms with Gasteiger partial charge in [-0.05, 0) is 12.8 Å². The third kappa shape index (κ3) is 3.54. The van der Waals surface area contributed by atoms with Gasteiger partial charge in [-0.15, -0.1) is 0 Å². The Hall–Kier alpha value is -1.89. The van der Waals surface area contributed by atoms with Crippen LogP contribution in [0.4, 0.5) is 0 Å². The number of primary amides is 1. The van der Waals surface area contributed by atoms with E-state index < -0.39 is 11.9 Å². The van der Waals surface area contributed by atoms with Gasteiger partial charge in [0.25, 0.3) is 0 Å². The molecule has 0 spiro atoms. The number of carboxylic acids is 1. The number of carboxylic acid groups (broad SMARTS) is 1. The number of nitrogens with zero attached hydrogens (tertiary/aromatic N) is 2. The number of aromatic carboxylic acids is 1. The van der Waals surface area contributed by atoms with Crippen LogP contribution in [-0.2, 0) is 11.3 Å². The zero-order chi connectivity index (χ0) is 13.8. The molecule has 7 nitrogen and oxygen atoms in total. The van der Waals surface area contributed by atoms with Crippen LogP contribution in [0.2, 0.25) is 0 Å². The van der Waals surface area contributed by atoms with E-state index in [1.54, 1.807) is 0 Å². The van der Waals surface area contributed by atoms with Crippen molar-refractivity contribution in [3.63, 3.8) is 0 Å². The summed E-state index contributed by atoms with van der Waals surface area (Å²) in [5, 5.41) is 12.2. The second-order valence-electron chi connectivity index (χ2n) is 4.79. The van der Waals surface area contributed by atoms with Crippen molar-refractivity contribution in [1.82, 2.24) is 10.1 Å². The largest absolute Gasteiger partial charge is 0.476 e. The van der Waals surface area contributed by atoms with E-state index in [4.69, 9.17) is 15.4 Å². The molecule has 104 valence electrons. The SMILES string of the molecule is NC(=O)CN(Cc1cc(C(=O)O)no1)C1CCCC1. The van der Waals surface area contributed by atoms with E-state index in [2.05, 4.69) is 5.16 Å². The maximum absolute atomic E-state index is 11.1. The highest BCUT2D eigenvalue weighted by Crippen LogP contribution is 2.24. The molecular weight excluding hydrogens is 250 g/mol. The smallest absolute Gasteiger partial charge is 0.358 e. The quantitative estimate of drug-likeness (QED) is 0.781. The van der Waals surface area contributed by atoms with Crippen LogP contribution in [0.5, 0.6) is 0 Å². The molecule has 1 fully saturated rings. The molecule has 0 aliphatic heterocycles. The number of hydrogen-bond donors (Lipinski definition) is 2. The van der Waals surface area contributed by atoms with Gasteiger partial charge in [0.05, 0.1) is 13.1 Å². The number of nitrogens with two attached hydrogens (primary N) is 1. The normalized spacial score (nSPS) is 16.1. The summed E-state index contributed by atoms with van der Waals surface area (Å²) >= 11 is 0. The monoisotopic (exact) mass is 267 g/mol. The lowest BCUT2D eigenvalue weighted by molar-refractivity contribution is -0.119. The lowest BCUT2D eigenvalue weighted by Crippen LogP contribution is -2.39. The van der Waals surface area contributed by atoms with Gasteiger partial charge in [-0.2, -0.15) is 0 Å². The molecule has 0 saturated heterocycles. The minimum Gasteiger partial charge on any atom is -0.476 e. The maximum atomic E-state index is 11.1. The van der Waals surface area contributed by atoms with Crippen molar-refractivity contribution in [2.75, 3.05) is 6.54 Å². The Morgan fingerprint density at radius 2 is 2.16 bits per heavy atom. The second-order valence-corrected chi connectivity index (χ2v) is 4.79. The summed E-state index contributed by atoms with van der Waals surface area (Å²) in [5.74, 6) is -1.09. The highest BCUT2D eigenvalue weighted by Gasteiger charge is 2.25. The van der Waals surface area contributed by atoms with E-state index in [0.717, 1.165) is 25.7 Å². The first kappa shape index (κ1) is 13.5. The van der Waals surface area contributed by atoms with E-state index in [-0.39, 0.29) is 12.2 Å². The molecule has 0 bridgehead atoms. The lowest BCUT2D eigenvalue weighted by Gasteiger charge is -2.26.